The summed E-state index contributed by atoms with van der Waals surface area (Å²) in [4.78, 5) is 7.25. The van der Waals surface area contributed by atoms with Crippen LogP contribution in [0.3, 0.4) is 0 Å². The third-order valence-corrected chi connectivity index (χ3v) is 4.78. The Bertz CT molecular complexity index is 718. The van der Waals surface area contributed by atoms with Crippen molar-refractivity contribution in [1.82, 2.24) is 10.6 Å². The Morgan fingerprint density at radius 3 is 2.23 bits per heavy atom. The molecule has 0 radical (unpaired) electrons. The topological polar surface area (TPSA) is 64.1 Å². The van der Waals surface area contributed by atoms with E-state index in [0.29, 0.717) is 23.8 Å². The maximum atomic E-state index is 5.49. The number of rotatable bonds is 8. The maximum absolute atomic E-state index is 5.49. The number of nitrogens with zero attached hydrogens (tertiary/aromatic N) is 1. The molecule has 0 bridgehead atoms. The number of nitrogens with one attached hydrogen (secondary N) is 2. The molecule has 1 heterocycles. The molecule has 0 fully saturated rings. The van der Waals surface area contributed by atoms with E-state index in [1.54, 1.807) is 32.7 Å². The SMILES string of the molecule is CCNC(=NCc1c(OC)cc(OC)cc1OC)NCc1ccc(C)s1. The van der Waals surface area contributed by atoms with Crippen LogP contribution in [-0.4, -0.2) is 33.8 Å². The van der Waals surface area contributed by atoms with Crippen LogP contribution in [0.5, 0.6) is 17.2 Å². The fourth-order valence-corrected chi connectivity index (χ4v) is 3.31. The highest BCUT2D eigenvalue weighted by atomic mass is 32.1. The van der Waals surface area contributed by atoms with Gasteiger partial charge in [0.15, 0.2) is 5.96 Å². The van der Waals surface area contributed by atoms with Crippen LogP contribution in [0.15, 0.2) is 29.3 Å². The van der Waals surface area contributed by atoms with Crippen LogP contribution in [0.4, 0.5) is 0 Å². The van der Waals surface area contributed by atoms with Gasteiger partial charge in [-0.25, -0.2) is 4.99 Å². The number of hydrogen-bond donors (Lipinski definition) is 2. The smallest absolute Gasteiger partial charge is 0.191 e. The van der Waals surface area contributed by atoms with Crippen LogP contribution in [0.25, 0.3) is 0 Å². The lowest BCUT2D eigenvalue weighted by molar-refractivity contribution is 0.369. The number of aryl methyl sites for hydroxylation is 1. The van der Waals surface area contributed by atoms with E-state index in [4.69, 9.17) is 14.2 Å². The Morgan fingerprint density at radius 1 is 1.04 bits per heavy atom. The minimum Gasteiger partial charge on any atom is -0.496 e. The highest BCUT2D eigenvalue weighted by Gasteiger charge is 2.13. The van der Waals surface area contributed by atoms with Gasteiger partial charge < -0.3 is 24.8 Å². The van der Waals surface area contributed by atoms with Crippen molar-refractivity contribution in [3.05, 3.63) is 39.6 Å². The van der Waals surface area contributed by atoms with Crippen LogP contribution in [0.1, 0.15) is 22.2 Å². The minimum absolute atomic E-state index is 0.426. The van der Waals surface area contributed by atoms with Gasteiger partial charge in [-0.15, -0.1) is 11.3 Å². The van der Waals surface area contributed by atoms with Crippen LogP contribution >= 0.6 is 11.3 Å². The Labute approximate surface area is 159 Å². The second-order valence-electron chi connectivity index (χ2n) is 5.57. The molecule has 0 saturated carbocycles. The number of hydrogen-bond acceptors (Lipinski definition) is 5. The summed E-state index contributed by atoms with van der Waals surface area (Å²) in [7, 11) is 4.87. The van der Waals surface area contributed by atoms with Gasteiger partial charge in [0.1, 0.15) is 17.2 Å². The highest BCUT2D eigenvalue weighted by molar-refractivity contribution is 7.11. The Morgan fingerprint density at radius 2 is 1.73 bits per heavy atom. The van der Waals surface area contributed by atoms with E-state index in [0.717, 1.165) is 24.6 Å². The lowest BCUT2D eigenvalue weighted by atomic mass is 10.1. The van der Waals surface area contributed by atoms with Crippen molar-refractivity contribution in [2.45, 2.75) is 26.9 Å². The fraction of sp³-hybridized carbons (Fsp3) is 0.421. The van der Waals surface area contributed by atoms with Crippen molar-refractivity contribution in [2.24, 2.45) is 4.99 Å². The van der Waals surface area contributed by atoms with Gasteiger partial charge in [0.2, 0.25) is 0 Å². The average molecular weight is 378 g/mol. The van der Waals surface area contributed by atoms with Gasteiger partial charge in [0.25, 0.3) is 0 Å². The van der Waals surface area contributed by atoms with Crippen LogP contribution in [0, 0.1) is 6.92 Å². The summed E-state index contributed by atoms with van der Waals surface area (Å²) in [6, 6.07) is 7.93. The van der Waals surface area contributed by atoms with E-state index < -0.39 is 0 Å². The molecule has 0 amide bonds. The first-order chi connectivity index (χ1) is 12.6. The predicted octanol–water partition coefficient (Wildman–Crippen LogP) is 3.34. The third-order valence-electron chi connectivity index (χ3n) is 3.78. The summed E-state index contributed by atoms with van der Waals surface area (Å²) in [5.41, 5.74) is 0.875. The van der Waals surface area contributed by atoms with Gasteiger partial charge in [-0.3, -0.25) is 0 Å². The normalized spacial score (nSPS) is 11.2. The first-order valence-electron chi connectivity index (χ1n) is 8.47. The molecule has 0 aliphatic carbocycles. The monoisotopic (exact) mass is 377 g/mol. The number of ether oxygens (including phenoxy) is 3. The second-order valence-corrected chi connectivity index (χ2v) is 6.94. The molecular formula is C19H27N3O3S. The number of aliphatic imine (C=N–C) groups is 1. The standard InChI is InChI=1S/C19H27N3O3S/c1-6-20-19(21-11-15-8-7-13(2)26-15)22-12-16-17(24-4)9-14(23-3)10-18(16)25-5/h7-10H,6,11-12H2,1-5H3,(H2,20,21,22). The largest absolute Gasteiger partial charge is 0.496 e. The Balaban J connectivity index is 2.17. The molecule has 6 nitrogen and oxygen atoms in total. The van der Waals surface area contributed by atoms with Crippen LogP contribution in [0.2, 0.25) is 0 Å². The molecule has 2 N–H and O–H groups in total. The van der Waals surface area contributed by atoms with E-state index >= 15 is 0 Å². The molecule has 142 valence electrons. The van der Waals surface area contributed by atoms with E-state index in [9.17, 15) is 0 Å². The van der Waals surface area contributed by atoms with E-state index in [2.05, 4.69) is 34.7 Å². The van der Waals surface area contributed by atoms with E-state index in [1.165, 1.54) is 9.75 Å². The predicted molar refractivity (Wildman–Crippen MR) is 107 cm³/mol. The van der Waals surface area contributed by atoms with Gasteiger partial charge in [-0.2, -0.15) is 0 Å². The Kier molecular flexibility index (Phi) is 7.59. The first kappa shape index (κ1) is 19.9. The van der Waals surface area contributed by atoms with Gasteiger partial charge in [0.05, 0.1) is 40.0 Å². The quantitative estimate of drug-likeness (QED) is 0.546. The molecule has 7 heteroatoms. The summed E-state index contributed by atoms with van der Waals surface area (Å²) in [6.07, 6.45) is 0. The molecule has 2 rings (SSSR count). The third kappa shape index (κ3) is 5.29. The Hall–Kier alpha value is -2.41. The number of thiophene rings is 1. The number of guanidine groups is 1. The average Bonchev–Trinajstić information content (AvgIpc) is 3.08. The van der Waals surface area contributed by atoms with Gasteiger partial charge in [-0.1, -0.05) is 0 Å². The lowest BCUT2D eigenvalue weighted by Gasteiger charge is -2.15. The molecule has 0 aliphatic heterocycles. The van der Waals surface area contributed by atoms with E-state index in [1.807, 2.05) is 19.1 Å². The first-order valence-corrected chi connectivity index (χ1v) is 9.29. The van der Waals surface area contributed by atoms with Gasteiger partial charge >= 0.3 is 0 Å². The van der Waals surface area contributed by atoms with E-state index in [-0.39, 0.29) is 0 Å². The van der Waals surface area contributed by atoms with Crippen molar-refractivity contribution in [3.8, 4) is 17.2 Å². The molecule has 1 aromatic carbocycles. The summed E-state index contributed by atoms with van der Waals surface area (Å²) in [5.74, 6) is 2.81. The summed E-state index contributed by atoms with van der Waals surface area (Å²) in [6.45, 7) is 6.10. The minimum atomic E-state index is 0.426. The molecule has 0 unspecified atom stereocenters. The summed E-state index contributed by atoms with van der Waals surface area (Å²) in [5, 5.41) is 6.63. The lowest BCUT2D eigenvalue weighted by Crippen LogP contribution is -2.36. The number of benzene rings is 1. The molecule has 0 aliphatic rings. The zero-order valence-electron chi connectivity index (χ0n) is 16.0. The zero-order valence-corrected chi connectivity index (χ0v) is 16.8. The van der Waals surface area contributed by atoms with Gasteiger partial charge in [0, 0.05) is 28.4 Å². The zero-order chi connectivity index (χ0) is 18.9. The fourth-order valence-electron chi connectivity index (χ4n) is 2.48. The molecule has 0 atom stereocenters. The molecule has 0 saturated heterocycles. The van der Waals surface area contributed by atoms with Crippen molar-refractivity contribution < 1.29 is 14.2 Å². The molecule has 0 spiro atoms. The molecular weight excluding hydrogens is 350 g/mol. The molecule has 1 aromatic heterocycles. The van der Waals surface area contributed by atoms with Crippen LogP contribution < -0.4 is 24.8 Å². The number of methoxy groups -OCH3 is 3. The second kappa shape index (κ2) is 9.91. The summed E-state index contributed by atoms with van der Waals surface area (Å²) >= 11 is 1.78. The highest BCUT2D eigenvalue weighted by Crippen LogP contribution is 2.34. The van der Waals surface area contributed by atoms with Gasteiger partial charge in [-0.05, 0) is 26.0 Å². The maximum Gasteiger partial charge on any atom is 0.191 e. The van der Waals surface area contributed by atoms with Crippen molar-refractivity contribution in [3.63, 3.8) is 0 Å². The summed E-state index contributed by atoms with van der Waals surface area (Å²) < 4.78 is 16.3. The van der Waals surface area contributed by atoms with Crippen LogP contribution in [-0.2, 0) is 13.1 Å². The van der Waals surface area contributed by atoms with Crippen molar-refractivity contribution in [2.75, 3.05) is 27.9 Å². The van der Waals surface area contributed by atoms with Crippen molar-refractivity contribution >= 4 is 17.3 Å². The van der Waals surface area contributed by atoms with Crippen molar-refractivity contribution in [1.29, 1.82) is 0 Å². The molecule has 26 heavy (non-hydrogen) atoms. The molecule has 2 aromatic rings.